The number of aromatic nitrogens is 2. The molecule has 1 aliphatic rings. The minimum Gasteiger partial charge on any atom is -0.385 e. The maximum atomic E-state index is 5.33. The van der Waals surface area contributed by atoms with Gasteiger partial charge in [0.2, 0.25) is 5.89 Å². The molecule has 0 radical (unpaired) electrons. The molecular weight excluding hydrogens is 290 g/mol. The van der Waals surface area contributed by atoms with E-state index in [0.29, 0.717) is 5.25 Å². The van der Waals surface area contributed by atoms with Crippen LogP contribution in [0.15, 0.2) is 34.9 Å². The molecule has 1 N–H and O–H groups in total. The number of rotatable bonds is 5. The van der Waals surface area contributed by atoms with Gasteiger partial charge >= 0.3 is 0 Å². The van der Waals surface area contributed by atoms with Gasteiger partial charge in [-0.1, -0.05) is 23.4 Å². The molecule has 2 heterocycles. The predicted molar refractivity (Wildman–Crippen MR) is 85.5 cm³/mol. The van der Waals surface area contributed by atoms with Gasteiger partial charge in [0.05, 0.1) is 5.25 Å². The van der Waals surface area contributed by atoms with Crippen LogP contribution in [-0.4, -0.2) is 33.9 Å². The lowest BCUT2D eigenvalue weighted by Crippen LogP contribution is -2.08. The van der Waals surface area contributed by atoms with Crippen molar-refractivity contribution < 1.29 is 4.52 Å². The summed E-state index contributed by atoms with van der Waals surface area (Å²) < 4.78 is 5.33. The molecule has 1 atom stereocenters. The molecule has 0 aliphatic carbocycles. The third-order valence-corrected chi connectivity index (χ3v) is 5.78. The smallest absolute Gasteiger partial charge is 0.228 e. The van der Waals surface area contributed by atoms with Gasteiger partial charge < -0.3 is 9.84 Å². The second-order valence-corrected chi connectivity index (χ2v) is 6.98. The van der Waals surface area contributed by atoms with Gasteiger partial charge in [-0.05, 0) is 12.1 Å². The first kappa shape index (κ1) is 13.8. The number of para-hydroxylation sites is 1. The number of anilines is 1. The van der Waals surface area contributed by atoms with Gasteiger partial charge in [0.25, 0.3) is 0 Å². The number of hydrogen-bond donors (Lipinski definition) is 1. The predicted octanol–water partition coefficient (Wildman–Crippen LogP) is 3.25. The molecule has 1 unspecified atom stereocenters. The van der Waals surface area contributed by atoms with Crippen LogP contribution in [0.5, 0.6) is 0 Å². The highest BCUT2D eigenvalue weighted by Crippen LogP contribution is 2.35. The SMILES string of the molecule is c1ccc(NCCc2nc(C3CSCCS3)no2)cc1. The van der Waals surface area contributed by atoms with Gasteiger partial charge in [-0.3, -0.25) is 0 Å². The lowest BCUT2D eigenvalue weighted by molar-refractivity contribution is 0.375. The van der Waals surface area contributed by atoms with Crippen molar-refractivity contribution in [2.24, 2.45) is 0 Å². The van der Waals surface area contributed by atoms with Gasteiger partial charge in [0, 0.05) is 35.9 Å². The van der Waals surface area contributed by atoms with Crippen LogP contribution in [0.1, 0.15) is 17.0 Å². The van der Waals surface area contributed by atoms with E-state index >= 15 is 0 Å². The average Bonchev–Trinajstić information content (AvgIpc) is 2.98. The van der Waals surface area contributed by atoms with Gasteiger partial charge in [-0.2, -0.15) is 16.7 Å². The Labute approximate surface area is 127 Å². The third kappa shape index (κ3) is 3.70. The van der Waals surface area contributed by atoms with E-state index in [1.54, 1.807) is 0 Å². The fraction of sp³-hybridized carbons (Fsp3) is 0.429. The molecule has 0 bridgehead atoms. The Kier molecular flexibility index (Phi) is 4.86. The summed E-state index contributed by atoms with van der Waals surface area (Å²) in [6, 6.07) is 10.1. The molecule has 1 aromatic heterocycles. The summed E-state index contributed by atoms with van der Waals surface area (Å²) in [5, 5.41) is 7.86. The molecule has 0 spiro atoms. The minimum absolute atomic E-state index is 0.397. The average molecular weight is 307 g/mol. The first-order valence-corrected chi connectivity index (χ1v) is 8.93. The quantitative estimate of drug-likeness (QED) is 0.915. The highest BCUT2D eigenvalue weighted by Gasteiger charge is 2.21. The lowest BCUT2D eigenvalue weighted by Gasteiger charge is -2.16. The third-order valence-electron chi connectivity index (χ3n) is 3.03. The largest absolute Gasteiger partial charge is 0.385 e. The van der Waals surface area contributed by atoms with Crippen LogP contribution in [0, 0.1) is 0 Å². The molecule has 106 valence electrons. The Morgan fingerprint density at radius 1 is 1.25 bits per heavy atom. The van der Waals surface area contributed by atoms with E-state index < -0.39 is 0 Å². The van der Waals surface area contributed by atoms with Crippen molar-refractivity contribution in [3.05, 3.63) is 42.0 Å². The van der Waals surface area contributed by atoms with Gasteiger partial charge in [0.15, 0.2) is 5.82 Å². The Bertz CT molecular complexity index is 526. The van der Waals surface area contributed by atoms with Crippen molar-refractivity contribution in [1.29, 1.82) is 0 Å². The van der Waals surface area contributed by atoms with Crippen molar-refractivity contribution in [1.82, 2.24) is 10.1 Å². The highest BCUT2D eigenvalue weighted by molar-refractivity contribution is 8.06. The van der Waals surface area contributed by atoms with E-state index in [4.69, 9.17) is 4.52 Å². The Hall–Kier alpha value is -1.14. The summed E-state index contributed by atoms with van der Waals surface area (Å²) in [6.45, 7) is 0.804. The monoisotopic (exact) mass is 307 g/mol. The van der Waals surface area contributed by atoms with Crippen LogP contribution in [0.25, 0.3) is 0 Å². The van der Waals surface area contributed by atoms with E-state index in [1.165, 1.54) is 11.5 Å². The first-order chi connectivity index (χ1) is 9.92. The Morgan fingerprint density at radius 3 is 2.95 bits per heavy atom. The molecule has 2 aromatic rings. The zero-order chi connectivity index (χ0) is 13.6. The number of benzene rings is 1. The van der Waals surface area contributed by atoms with Crippen molar-refractivity contribution >= 4 is 29.2 Å². The zero-order valence-electron chi connectivity index (χ0n) is 11.1. The summed E-state index contributed by atoms with van der Waals surface area (Å²) >= 11 is 3.90. The zero-order valence-corrected chi connectivity index (χ0v) is 12.8. The van der Waals surface area contributed by atoms with Gasteiger partial charge in [-0.25, -0.2) is 0 Å². The van der Waals surface area contributed by atoms with Crippen molar-refractivity contribution in [2.75, 3.05) is 29.1 Å². The molecule has 0 amide bonds. The lowest BCUT2D eigenvalue weighted by atomic mass is 10.3. The number of thioether (sulfide) groups is 2. The maximum absolute atomic E-state index is 5.33. The van der Waals surface area contributed by atoms with Crippen LogP contribution in [0.4, 0.5) is 5.69 Å². The van der Waals surface area contributed by atoms with Crippen LogP contribution in [0.2, 0.25) is 0 Å². The first-order valence-electron chi connectivity index (χ1n) is 6.72. The molecule has 6 heteroatoms. The van der Waals surface area contributed by atoms with E-state index in [-0.39, 0.29) is 0 Å². The van der Waals surface area contributed by atoms with Crippen molar-refractivity contribution in [2.45, 2.75) is 11.7 Å². The standard InChI is InChI=1S/C14H17N3OS2/c1-2-4-11(5-3-1)15-7-6-13-16-14(17-18-13)12-10-19-8-9-20-12/h1-5,12,15H,6-10H2. The Balaban J connectivity index is 1.50. The number of nitrogens with zero attached hydrogens (tertiary/aromatic N) is 2. The van der Waals surface area contributed by atoms with Crippen molar-refractivity contribution in [3.63, 3.8) is 0 Å². The molecule has 4 nitrogen and oxygen atoms in total. The summed E-state index contributed by atoms with van der Waals surface area (Å²) in [4.78, 5) is 4.51. The van der Waals surface area contributed by atoms with Crippen LogP contribution >= 0.6 is 23.5 Å². The fourth-order valence-corrected chi connectivity index (χ4v) is 4.60. The van der Waals surface area contributed by atoms with Crippen LogP contribution in [-0.2, 0) is 6.42 Å². The molecule has 0 saturated carbocycles. The molecule has 1 fully saturated rings. The number of hydrogen-bond acceptors (Lipinski definition) is 6. The van der Waals surface area contributed by atoms with E-state index in [0.717, 1.165) is 36.1 Å². The molecule has 3 rings (SSSR count). The minimum atomic E-state index is 0.397. The maximum Gasteiger partial charge on any atom is 0.228 e. The molecular formula is C14H17N3OS2. The summed E-state index contributed by atoms with van der Waals surface area (Å²) in [7, 11) is 0. The second kappa shape index (κ2) is 7.04. The number of nitrogens with one attached hydrogen (secondary N) is 1. The summed E-state index contributed by atoms with van der Waals surface area (Å²) in [5.74, 6) is 5.07. The Morgan fingerprint density at radius 2 is 2.15 bits per heavy atom. The highest BCUT2D eigenvalue weighted by atomic mass is 32.2. The topological polar surface area (TPSA) is 51.0 Å². The fourth-order valence-electron chi connectivity index (χ4n) is 2.01. The van der Waals surface area contributed by atoms with Gasteiger partial charge in [-0.15, -0.1) is 11.8 Å². The molecule has 20 heavy (non-hydrogen) atoms. The van der Waals surface area contributed by atoms with E-state index in [1.807, 2.05) is 41.7 Å². The molecule has 1 aromatic carbocycles. The van der Waals surface area contributed by atoms with E-state index in [2.05, 4.69) is 27.6 Å². The summed E-state index contributed by atoms with van der Waals surface area (Å²) in [6.07, 6.45) is 0.756. The second-order valence-electron chi connectivity index (χ2n) is 4.52. The normalized spacial score (nSPS) is 18.9. The molecule has 1 saturated heterocycles. The van der Waals surface area contributed by atoms with Crippen molar-refractivity contribution in [3.8, 4) is 0 Å². The molecule has 1 aliphatic heterocycles. The summed E-state index contributed by atoms with van der Waals surface area (Å²) in [5.41, 5.74) is 1.12. The van der Waals surface area contributed by atoms with E-state index in [9.17, 15) is 0 Å². The van der Waals surface area contributed by atoms with Crippen LogP contribution < -0.4 is 5.32 Å². The van der Waals surface area contributed by atoms with Crippen LogP contribution in [0.3, 0.4) is 0 Å². The van der Waals surface area contributed by atoms with Gasteiger partial charge in [0.1, 0.15) is 0 Å².